The summed E-state index contributed by atoms with van der Waals surface area (Å²) in [4.78, 5) is 13.2. The summed E-state index contributed by atoms with van der Waals surface area (Å²) in [6, 6.07) is 8.17. The van der Waals surface area contributed by atoms with E-state index in [4.69, 9.17) is 5.73 Å². The minimum Gasteiger partial charge on any atom is -0.368 e. The third-order valence-corrected chi connectivity index (χ3v) is 4.18. The Morgan fingerprint density at radius 1 is 1.15 bits per heavy atom. The molecule has 1 saturated carbocycles. The molecule has 1 aromatic carbocycles. The van der Waals surface area contributed by atoms with Crippen molar-refractivity contribution in [3.8, 4) is 0 Å². The molecular formula is C15H17BrN4. The van der Waals surface area contributed by atoms with E-state index in [0.29, 0.717) is 18.3 Å². The Balaban J connectivity index is 1.85. The zero-order valence-electron chi connectivity index (χ0n) is 11.2. The summed E-state index contributed by atoms with van der Waals surface area (Å²) in [5.41, 5.74) is 7.01. The average Bonchev–Trinajstić information content (AvgIpc) is 2.91. The van der Waals surface area contributed by atoms with Crippen LogP contribution in [0.1, 0.15) is 48.8 Å². The first kappa shape index (κ1) is 13.5. The molecule has 0 spiro atoms. The summed E-state index contributed by atoms with van der Waals surface area (Å²) in [5.74, 6) is 2.44. The Kier molecular flexibility index (Phi) is 3.96. The van der Waals surface area contributed by atoms with Crippen LogP contribution < -0.4 is 5.73 Å². The Morgan fingerprint density at radius 2 is 1.95 bits per heavy atom. The third-order valence-electron chi connectivity index (χ3n) is 3.69. The largest absolute Gasteiger partial charge is 0.368 e. The second-order valence-electron chi connectivity index (χ2n) is 5.26. The molecular weight excluding hydrogens is 316 g/mol. The van der Waals surface area contributed by atoms with Crippen molar-refractivity contribution in [3.05, 3.63) is 46.0 Å². The van der Waals surface area contributed by atoms with E-state index < -0.39 is 0 Å². The molecule has 0 bridgehead atoms. The highest BCUT2D eigenvalue weighted by atomic mass is 79.9. The molecule has 2 aromatic rings. The first-order valence-electron chi connectivity index (χ1n) is 6.95. The van der Waals surface area contributed by atoms with Gasteiger partial charge in [-0.25, -0.2) is 4.98 Å². The molecule has 1 heterocycles. The van der Waals surface area contributed by atoms with Gasteiger partial charge in [-0.2, -0.15) is 9.97 Å². The maximum atomic E-state index is 5.84. The Labute approximate surface area is 127 Å². The number of hydrogen-bond acceptors (Lipinski definition) is 4. The second kappa shape index (κ2) is 5.87. The molecule has 0 saturated heterocycles. The lowest BCUT2D eigenvalue weighted by Gasteiger charge is -2.10. The van der Waals surface area contributed by atoms with Crippen LogP contribution in [-0.2, 0) is 6.42 Å². The van der Waals surface area contributed by atoms with E-state index in [1.807, 2.05) is 12.1 Å². The highest BCUT2D eigenvalue weighted by molar-refractivity contribution is 9.10. The monoisotopic (exact) mass is 332 g/mol. The minimum absolute atomic E-state index is 0.340. The van der Waals surface area contributed by atoms with Gasteiger partial charge in [0.05, 0.1) is 0 Å². The standard InChI is InChI=1S/C15H17BrN4/c16-12-7-3-4-10(8-12)9-13-18-14(20-15(17)19-13)11-5-1-2-6-11/h3-4,7-8,11H,1-2,5-6,9H2,(H2,17,18,19,20). The third kappa shape index (κ3) is 3.15. The van der Waals surface area contributed by atoms with Crippen molar-refractivity contribution in [2.45, 2.75) is 38.0 Å². The van der Waals surface area contributed by atoms with Gasteiger partial charge in [0, 0.05) is 16.8 Å². The number of nitrogens with two attached hydrogens (primary N) is 1. The molecule has 1 aromatic heterocycles. The zero-order valence-corrected chi connectivity index (χ0v) is 12.8. The SMILES string of the molecule is Nc1nc(Cc2cccc(Br)c2)nc(C2CCCC2)n1. The molecule has 1 aliphatic rings. The Bertz CT molecular complexity index is 609. The minimum atomic E-state index is 0.340. The van der Waals surface area contributed by atoms with E-state index in [9.17, 15) is 0 Å². The molecule has 0 atom stereocenters. The van der Waals surface area contributed by atoms with Crippen molar-refractivity contribution in [3.63, 3.8) is 0 Å². The lowest BCUT2D eigenvalue weighted by molar-refractivity contribution is 0.654. The molecule has 2 N–H and O–H groups in total. The molecule has 20 heavy (non-hydrogen) atoms. The summed E-state index contributed by atoms with van der Waals surface area (Å²) >= 11 is 3.48. The number of hydrogen-bond donors (Lipinski definition) is 1. The maximum Gasteiger partial charge on any atom is 0.223 e. The van der Waals surface area contributed by atoms with Crippen LogP contribution in [0.15, 0.2) is 28.7 Å². The number of nitrogens with zero attached hydrogens (tertiary/aromatic N) is 3. The highest BCUT2D eigenvalue weighted by Gasteiger charge is 2.21. The van der Waals surface area contributed by atoms with Gasteiger partial charge in [0.15, 0.2) is 0 Å². The van der Waals surface area contributed by atoms with Crippen molar-refractivity contribution in [1.82, 2.24) is 15.0 Å². The van der Waals surface area contributed by atoms with Crippen LogP contribution in [0.4, 0.5) is 5.95 Å². The lowest BCUT2D eigenvalue weighted by atomic mass is 10.1. The summed E-state index contributed by atoms with van der Waals surface area (Å²) in [5, 5.41) is 0. The molecule has 0 aliphatic heterocycles. The first-order valence-corrected chi connectivity index (χ1v) is 7.75. The normalized spacial score (nSPS) is 15.7. The van der Waals surface area contributed by atoms with Gasteiger partial charge in [0.2, 0.25) is 5.95 Å². The number of nitrogen functional groups attached to an aromatic ring is 1. The van der Waals surface area contributed by atoms with E-state index in [-0.39, 0.29) is 0 Å². The van der Waals surface area contributed by atoms with E-state index in [1.165, 1.54) is 31.2 Å². The van der Waals surface area contributed by atoms with Crippen LogP contribution in [0.5, 0.6) is 0 Å². The number of aromatic nitrogens is 3. The van der Waals surface area contributed by atoms with Crippen LogP contribution in [-0.4, -0.2) is 15.0 Å². The van der Waals surface area contributed by atoms with Gasteiger partial charge in [-0.05, 0) is 30.5 Å². The topological polar surface area (TPSA) is 64.7 Å². The predicted molar refractivity (Wildman–Crippen MR) is 82.4 cm³/mol. The molecule has 5 heteroatoms. The fraction of sp³-hybridized carbons (Fsp3) is 0.400. The zero-order chi connectivity index (χ0) is 13.9. The summed E-state index contributed by atoms with van der Waals surface area (Å²) in [6.07, 6.45) is 5.54. The van der Waals surface area contributed by atoms with Gasteiger partial charge in [-0.1, -0.05) is 40.9 Å². The average molecular weight is 333 g/mol. The van der Waals surface area contributed by atoms with Crippen molar-refractivity contribution in [1.29, 1.82) is 0 Å². The molecule has 104 valence electrons. The van der Waals surface area contributed by atoms with Crippen LogP contribution in [0, 0.1) is 0 Å². The first-order chi connectivity index (χ1) is 9.70. The number of anilines is 1. The highest BCUT2D eigenvalue weighted by Crippen LogP contribution is 2.32. The summed E-state index contributed by atoms with van der Waals surface area (Å²) < 4.78 is 1.06. The quantitative estimate of drug-likeness (QED) is 0.934. The molecule has 1 aliphatic carbocycles. The van der Waals surface area contributed by atoms with Crippen LogP contribution in [0.3, 0.4) is 0 Å². The molecule has 3 rings (SSSR count). The van der Waals surface area contributed by atoms with Crippen molar-refractivity contribution >= 4 is 21.9 Å². The van der Waals surface area contributed by atoms with Gasteiger partial charge >= 0.3 is 0 Å². The van der Waals surface area contributed by atoms with Crippen LogP contribution >= 0.6 is 15.9 Å². The molecule has 0 amide bonds. The smallest absolute Gasteiger partial charge is 0.223 e. The number of rotatable bonds is 3. The van der Waals surface area contributed by atoms with Gasteiger partial charge < -0.3 is 5.73 Å². The molecule has 4 nitrogen and oxygen atoms in total. The fourth-order valence-corrected chi connectivity index (χ4v) is 3.18. The van der Waals surface area contributed by atoms with Crippen molar-refractivity contribution < 1.29 is 0 Å². The van der Waals surface area contributed by atoms with Gasteiger partial charge in [-0.15, -0.1) is 0 Å². The summed E-state index contributed by atoms with van der Waals surface area (Å²) in [7, 11) is 0. The van der Waals surface area contributed by atoms with E-state index in [0.717, 1.165) is 16.1 Å². The van der Waals surface area contributed by atoms with E-state index in [2.05, 4.69) is 43.0 Å². The molecule has 1 fully saturated rings. The van der Waals surface area contributed by atoms with Gasteiger partial charge in [-0.3, -0.25) is 0 Å². The number of benzene rings is 1. The fourth-order valence-electron chi connectivity index (χ4n) is 2.73. The molecule has 0 radical (unpaired) electrons. The number of halogens is 1. The maximum absolute atomic E-state index is 5.84. The summed E-state index contributed by atoms with van der Waals surface area (Å²) in [6.45, 7) is 0. The van der Waals surface area contributed by atoms with Crippen molar-refractivity contribution in [2.24, 2.45) is 0 Å². The lowest BCUT2D eigenvalue weighted by Crippen LogP contribution is -2.10. The van der Waals surface area contributed by atoms with Gasteiger partial charge in [0.25, 0.3) is 0 Å². The molecule has 0 unspecified atom stereocenters. The van der Waals surface area contributed by atoms with Gasteiger partial charge in [0.1, 0.15) is 11.6 Å². The Hall–Kier alpha value is -1.49. The van der Waals surface area contributed by atoms with E-state index >= 15 is 0 Å². The van der Waals surface area contributed by atoms with Crippen LogP contribution in [0.25, 0.3) is 0 Å². The second-order valence-corrected chi connectivity index (χ2v) is 6.17. The van der Waals surface area contributed by atoms with Crippen molar-refractivity contribution in [2.75, 3.05) is 5.73 Å². The predicted octanol–water partition coefficient (Wildman–Crippen LogP) is 3.46. The Morgan fingerprint density at radius 3 is 2.70 bits per heavy atom. The van der Waals surface area contributed by atoms with E-state index in [1.54, 1.807) is 0 Å². The van der Waals surface area contributed by atoms with Crippen LogP contribution in [0.2, 0.25) is 0 Å².